The minimum Gasteiger partial charge on any atom is -0.472 e. The van der Waals surface area contributed by atoms with Gasteiger partial charge in [-0.3, -0.25) is 14.6 Å². The van der Waals surface area contributed by atoms with Gasteiger partial charge in [0.05, 0.1) is 63.5 Å². The van der Waals surface area contributed by atoms with E-state index >= 15 is 4.39 Å². The molecule has 1 N–H and O–H groups in total. The fraction of sp³-hybridized carbons (Fsp3) is 0.382. The Morgan fingerprint density at radius 3 is 2.87 bits per heavy atom. The van der Waals surface area contributed by atoms with E-state index in [1.54, 1.807) is 36.7 Å². The van der Waals surface area contributed by atoms with Crippen LogP contribution in [0.3, 0.4) is 0 Å². The van der Waals surface area contributed by atoms with E-state index in [-0.39, 0.29) is 46.0 Å². The van der Waals surface area contributed by atoms with Gasteiger partial charge in [-0.15, -0.1) is 0 Å². The number of hydrogen-bond acceptors (Lipinski definition) is 8. The second-order valence-electron chi connectivity index (χ2n) is 12.1. The Morgan fingerprint density at radius 2 is 2.09 bits per heavy atom. The maximum atomic E-state index is 17.0. The molecular weight excluding hydrogens is 591 g/mol. The third kappa shape index (κ3) is 5.04. The van der Waals surface area contributed by atoms with Gasteiger partial charge in [0.15, 0.2) is 5.82 Å². The number of benzene rings is 2. The molecule has 3 aromatic heterocycles. The summed E-state index contributed by atoms with van der Waals surface area (Å²) in [6.45, 7) is 3.76. The molecule has 0 saturated carbocycles. The third-order valence-electron chi connectivity index (χ3n) is 9.40. The van der Waals surface area contributed by atoms with Crippen molar-refractivity contribution in [3.63, 3.8) is 0 Å². The van der Waals surface area contributed by atoms with Crippen LogP contribution in [0.4, 0.5) is 4.39 Å². The predicted octanol–water partition coefficient (Wildman–Crippen LogP) is 6.53. The lowest BCUT2D eigenvalue weighted by molar-refractivity contribution is 0.119. The number of nitrogens with one attached hydrogen (secondary N) is 1. The molecule has 9 nitrogen and oxygen atoms in total. The van der Waals surface area contributed by atoms with Gasteiger partial charge in [-0.25, -0.2) is 9.37 Å². The number of aromatic nitrogens is 4. The van der Waals surface area contributed by atoms with Crippen molar-refractivity contribution in [1.82, 2.24) is 30.0 Å². The van der Waals surface area contributed by atoms with Gasteiger partial charge >= 0.3 is 0 Å². The van der Waals surface area contributed by atoms with E-state index < -0.39 is 5.82 Å². The number of nitrogens with zero attached hydrogens (tertiary/aromatic N) is 7. The summed E-state index contributed by atoms with van der Waals surface area (Å²) in [5.41, 5.74) is 1.54. The fourth-order valence-corrected chi connectivity index (χ4v) is 7.48. The summed E-state index contributed by atoms with van der Waals surface area (Å²) >= 11 is 6.93. The van der Waals surface area contributed by atoms with Crippen LogP contribution in [0.25, 0.3) is 43.8 Å². The molecule has 0 amide bonds. The molecular formula is C34H32ClFN8O. The minimum absolute atomic E-state index is 0.0154. The van der Waals surface area contributed by atoms with Crippen LogP contribution >= 0.6 is 11.6 Å². The van der Waals surface area contributed by atoms with Gasteiger partial charge in [-0.05, 0) is 76.3 Å². The molecule has 0 radical (unpaired) electrons. The van der Waals surface area contributed by atoms with Gasteiger partial charge in [0.25, 0.3) is 0 Å². The molecule has 228 valence electrons. The Balaban J connectivity index is 1.46. The van der Waals surface area contributed by atoms with Gasteiger partial charge in [-0.1, -0.05) is 23.7 Å². The molecule has 0 aliphatic carbocycles. The van der Waals surface area contributed by atoms with E-state index in [2.05, 4.69) is 34.4 Å². The van der Waals surface area contributed by atoms with Crippen LogP contribution < -0.4 is 10.1 Å². The summed E-state index contributed by atoms with van der Waals surface area (Å²) in [6.07, 6.45) is 7.14. The zero-order valence-electron chi connectivity index (χ0n) is 25.1. The summed E-state index contributed by atoms with van der Waals surface area (Å²) in [7, 11) is 2.09. The largest absolute Gasteiger partial charge is 0.472 e. The van der Waals surface area contributed by atoms with Gasteiger partial charge < -0.3 is 10.1 Å². The predicted molar refractivity (Wildman–Crippen MR) is 171 cm³/mol. The zero-order valence-corrected chi connectivity index (χ0v) is 25.9. The molecule has 0 spiro atoms. The Hall–Kier alpha value is -4.35. The Morgan fingerprint density at radius 1 is 1.22 bits per heavy atom. The highest BCUT2D eigenvalue weighted by Gasteiger charge is 2.32. The Labute approximate surface area is 265 Å². The van der Waals surface area contributed by atoms with Crippen molar-refractivity contribution in [3.8, 4) is 29.3 Å². The zero-order chi connectivity index (χ0) is 31.2. The molecule has 11 heteroatoms. The normalized spacial score (nSPS) is 21.2. The molecule has 2 aliphatic heterocycles. The number of rotatable bonds is 6. The van der Waals surface area contributed by atoms with Crippen LogP contribution in [-0.2, 0) is 0 Å². The molecule has 2 aliphatic rings. The van der Waals surface area contributed by atoms with Gasteiger partial charge in [0.1, 0.15) is 11.6 Å². The molecule has 5 heterocycles. The molecule has 0 bridgehead atoms. The molecule has 2 fully saturated rings. The van der Waals surface area contributed by atoms with E-state index in [0.29, 0.717) is 46.0 Å². The fourth-order valence-electron chi connectivity index (χ4n) is 7.20. The highest BCUT2D eigenvalue weighted by Crippen LogP contribution is 2.43. The molecule has 2 aromatic carbocycles. The van der Waals surface area contributed by atoms with Crippen LogP contribution in [0.2, 0.25) is 5.02 Å². The number of likely N-dealkylation sites (tertiary alicyclic amines) is 1. The number of likely N-dealkylation sites (N-methyl/N-ethyl adjacent to an activating group) is 1. The van der Waals surface area contributed by atoms with Gasteiger partial charge in [-0.2, -0.15) is 15.6 Å². The van der Waals surface area contributed by atoms with E-state index in [1.807, 2.05) is 17.7 Å². The molecule has 7 rings (SSSR count). The minimum atomic E-state index is -0.636. The van der Waals surface area contributed by atoms with Crippen LogP contribution in [0.15, 0.2) is 42.7 Å². The van der Waals surface area contributed by atoms with Gasteiger partial charge in [0.2, 0.25) is 5.88 Å². The third-order valence-corrected chi connectivity index (χ3v) is 9.70. The first-order valence-corrected chi connectivity index (χ1v) is 15.7. The van der Waals surface area contributed by atoms with E-state index in [9.17, 15) is 10.5 Å². The highest BCUT2D eigenvalue weighted by molar-refractivity contribution is 6.35. The quantitative estimate of drug-likeness (QED) is 0.227. The lowest BCUT2D eigenvalue weighted by Crippen LogP contribution is -2.38. The first-order valence-electron chi connectivity index (χ1n) is 15.3. The van der Waals surface area contributed by atoms with E-state index in [4.69, 9.17) is 26.4 Å². The number of piperidine rings is 1. The highest BCUT2D eigenvalue weighted by atomic mass is 35.5. The molecule has 4 atom stereocenters. The number of halogens is 2. The van der Waals surface area contributed by atoms with Gasteiger partial charge in [0, 0.05) is 29.1 Å². The number of ether oxygens (including phenoxy) is 1. The Kier molecular flexibility index (Phi) is 7.74. The van der Waals surface area contributed by atoms with Crippen molar-refractivity contribution in [2.45, 2.75) is 63.3 Å². The summed E-state index contributed by atoms with van der Waals surface area (Å²) in [4.78, 5) is 11.6. The summed E-state index contributed by atoms with van der Waals surface area (Å²) in [5.74, 6) is -0.321. The van der Waals surface area contributed by atoms with Crippen molar-refractivity contribution >= 4 is 44.2 Å². The summed E-state index contributed by atoms with van der Waals surface area (Å²) < 4.78 is 25.5. The standard InChI is InChI=1S/C34H32ClFN8O/c1-19(27-7-4-14-43(27)2)45-34-25-18-41-44(23-10-13-39-22(15-23)8-11-37)33(25)24-16-26(35)29(30(36)31(24)42-34)32-28-20(9-12-40-32)5-3-6-21(28)17-38/h3,5-6,9,12,16,18-19,22-23,27,39H,4,7-8,10,13-15H2,1-2H3/t19-,22+,23-,27-/m0/s1. The SMILES string of the molecule is C[C@H](Oc1nc2c(F)c(-c3nccc4cccc(C#N)c34)c(Cl)cc2c2c1cnn2[C@H]1CCN[C@H](CC#N)C1)[C@@H]1CCCN1C. The average Bonchev–Trinajstić information content (AvgIpc) is 3.69. The van der Waals surface area contributed by atoms with Crippen molar-refractivity contribution in [2.75, 3.05) is 20.1 Å². The van der Waals surface area contributed by atoms with E-state index in [1.165, 1.54) is 0 Å². The van der Waals surface area contributed by atoms with Crippen LogP contribution in [-0.4, -0.2) is 63.0 Å². The van der Waals surface area contributed by atoms with E-state index in [0.717, 1.165) is 37.7 Å². The number of hydrogen-bond donors (Lipinski definition) is 1. The average molecular weight is 623 g/mol. The molecule has 0 unspecified atom stereocenters. The first-order chi connectivity index (χ1) is 21.9. The van der Waals surface area contributed by atoms with Crippen molar-refractivity contribution in [2.24, 2.45) is 0 Å². The molecule has 2 saturated heterocycles. The lowest BCUT2D eigenvalue weighted by atomic mass is 9.96. The smallest absolute Gasteiger partial charge is 0.225 e. The lowest BCUT2D eigenvalue weighted by Gasteiger charge is -2.30. The number of fused-ring (bicyclic) bond motifs is 4. The number of nitriles is 2. The topological polar surface area (TPSA) is 116 Å². The van der Waals surface area contributed by atoms with Crippen molar-refractivity contribution < 1.29 is 9.13 Å². The second-order valence-corrected chi connectivity index (χ2v) is 12.5. The van der Waals surface area contributed by atoms with Crippen LogP contribution in [0, 0.1) is 28.5 Å². The van der Waals surface area contributed by atoms with Crippen molar-refractivity contribution in [3.05, 3.63) is 59.1 Å². The van der Waals surface area contributed by atoms with Crippen LogP contribution in [0.1, 0.15) is 50.6 Å². The maximum absolute atomic E-state index is 17.0. The second kappa shape index (κ2) is 11.9. The maximum Gasteiger partial charge on any atom is 0.225 e. The first kappa shape index (κ1) is 29.4. The number of pyridine rings is 2. The Bertz CT molecular complexity index is 2030. The molecule has 5 aromatic rings. The molecule has 45 heavy (non-hydrogen) atoms. The van der Waals surface area contributed by atoms with Crippen LogP contribution in [0.5, 0.6) is 5.88 Å². The van der Waals surface area contributed by atoms with Crippen molar-refractivity contribution in [1.29, 1.82) is 10.5 Å². The summed E-state index contributed by atoms with van der Waals surface area (Å²) in [5, 5.41) is 30.1. The monoisotopic (exact) mass is 622 g/mol. The summed E-state index contributed by atoms with van der Waals surface area (Å²) in [6, 6.07) is 13.6.